The molecule has 1 saturated heterocycles. The second-order valence-corrected chi connectivity index (χ2v) is 4.34. The number of rotatable bonds is 3. The van der Waals surface area contributed by atoms with E-state index in [0.717, 1.165) is 24.5 Å². The Morgan fingerprint density at radius 3 is 2.60 bits per heavy atom. The molecule has 1 aromatic heterocycles. The Morgan fingerprint density at radius 2 is 2.00 bits per heavy atom. The highest BCUT2D eigenvalue weighted by atomic mass is 15.3. The van der Waals surface area contributed by atoms with Crippen LogP contribution in [0.25, 0.3) is 0 Å². The molecule has 4 nitrogen and oxygen atoms in total. The fraction of sp³-hybridized carbons (Fsp3) is 0.727. The first-order valence-electron chi connectivity index (χ1n) is 5.77. The molecular weight excluding hydrogens is 188 g/mol. The van der Waals surface area contributed by atoms with Crippen molar-refractivity contribution in [3.05, 3.63) is 11.9 Å². The fourth-order valence-electron chi connectivity index (χ4n) is 2.07. The first-order valence-corrected chi connectivity index (χ1v) is 5.77. The molecule has 1 aromatic rings. The third-order valence-corrected chi connectivity index (χ3v) is 3.08. The van der Waals surface area contributed by atoms with Gasteiger partial charge in [0.2, 0.25) is 0 Å². The number of piperidine rings is 1. The van der Waals surface area contributed by atoms with Crippen LogP contribution in [0, 0.1) is 6.92 Å². The second-order valence-electron chi connectivity index (χ2n) is 4.34. The quantitative estimate of drug-likeness (QED) is 0.813. The number of hydrogen-bond donors (Lipinski definition) is 1. The van der Waals surface area contributed by atoms with E-state index in [2.05, 4.69) is 10.00 Å². The van der Waals surface area contributed by atoms with Crippen molar-refractivity contribution in [2.45, 2.75) is 32.7 Å². The lowest BCUT2D eigenvalue weighted by Gasteiger charge is -2.26. The Morgan fingerprint density at radius 1 is 1.27 bits per heavy atom. The first-order chi connectivity index (χ1) is 7.25. The first kappa shape index (κ1) is 10.5. The topological polar surface area (TPSA) is 47.1 Å². The van der Waals surface area contributed by atoms with E-state index in [1.165, 1.54) is 32.4 Å². The third-order valence-electron chi connectivity index (χ3n) is 3.08. The van der Waals surface area contributed by atoms with E-state index in [1.807, 2.05) is 17.8 Å². The Bertz CT molecular complexity index is 293. The molecule has 4 heteroatoms. The predicted molar refractivity (Wildman–Crippen MR) is 61.7 cm³/mol. The maximum atomic E-state index is 5.75. The number of nitrogens with zero attached hydrogens (tertiary/aromatic N) is 3. The number of nitrogens with two attached hydrogens (primary N) is 1. The SMILES string of the molecule is Cc1nn(CCN2CCCCC2)cc1N. The summed E-state index contributed by atoms with van der Waals surface area (Å²) in [5.74, 6) is 0. The summed E-state index contributed by atoms with van der Waals surface area (Å²) >= 11 is 0. The molecule has 1 fully saturated rings. The van der Waals surface area contributed by atoms with E-state index < -0.39 is 0 Å². The zero-order valence-electron chi connectivity index (χ0n) is 9.45. The molecule has 1 aliphatic heterocycles. The maximum absolute atomic E-state index is 5.75. The molecule has 15 heavy (non-hydrogen) atoms. The Labute approximate surface area is 91.1 Å². The second kappa shape index (κ2) is 4.66. The standard InChI is InChI=1S/C11H20N4/c1-10-11(12)9-15(13-10)8-7-14-5-3-2-4-6-14/h9H,2-8,12H2,1H3. The van der Waals surface area contributed by atoms with E-state index in [1.54, 1.807) is 0 Å². The van der Waals surface area contributed by atoms with E-state index in [4.69, 9.17) is 5.73 Å². The van der Waals surface area contributed by atoms with Crippen LogP contribution in [-0.2, 0) is 6.54 Å². The molecule has 84 valence electrons. The Hall–Kier alpha value is -1.03. The van der Waals surface area contributed by atoms with Crippen LogP contribution in [0.15, 0.2) is 6.20 Å². The zero-order chi connectivity index (χ0) is 10.7. The summed E-state index contributed by atoms with van der Waals surface area (Å²) in [6.07, 6.45) is 6.02. The molecule has 0 saturated carbocycles. The van der Waals surface area contributed by atoms with Crippen LogP contribution in [0.5, 0.6) is 0 Å². The number of aromatic nitrogens is 2. The van der Waals surface area contributed by atoms with Crippen molar-refractivity contribution in [3.63, 3.8) is 0 Å². The molecule has 0 bridgehead atoms. The molecule has 0 unspecified atom stereocenters. The summed E-state index contributed by atoms with van der Waals surface area (Å²) in [6, 6.07) is 0. The lowest BCUT2D eigenvalue weighted by atomic mass is 10.1. The van der Waals surface area contributed by atoms with Crippen molar-refractivity contribution in [2.75, 3.05) is 25.4 Å². The van der Waals surface area contributed by atoms with Crippen LogP contribution < -0.4 is 5.73 Å². The minimum atomic E-state index is 0.800. The summed E-state index contributed by atoms with van der Waals surface area (Å²) in [7, 11) is 0. The van der Waals surface area contributed by atoms with Gasteiger partial charge in [0.05, 0.1) is 17.9 Å². The summed E-state index contributed by atoms with van der Waals surface area (Å²) in [4.78, 5) is 2.51. The molecule has 0 spiro atoms. The third kappa shape index (κ3) is 2.72. The zero-order valence-corrected chi connectivity index (χ0v) is 9.45. The van der Waals surface area contributed by atoms with Gasteiger partial charge in [-0.1, -0.05) is 6.42 Å². The molecule has 1 aliphatic rings. The van der Waals surface area contributed by atoms with E-state index in [0.29, 0.717) is 0 Å². The van der Waals surface area contributed by atoms with Crippen LogP contribution in [-0.4, -0.2) is 34.3 Å². The van der Waals surface area contributed by atoms with Crippen molar-refractivity contribution in [2.24, 2.45) is 0 Å². The van der Waals surface area contributed by atoms with Crippen molar-refractivity contribution in [1.82, 2.24) is 14.7 Å². The van der Waals surface area contributed by atoms with Crippen LogP contribution in [0.1, 0.15) is 25.0 Å². The van der Waals surface area contributed by atoms with Crippen LogP contribution in [0.3, 0.4) is 0 Å². The molecule has 0 aromatic carbocycles. The van der Waals surface area contributed by atoms with Crippen molar-refractivity contribution >= 4 is 5.69 Å². The fourth-order valence-corrected chi connectivity index (χ4v) is 2.07. The highest BCUT2D eigenvalue weighted by Crippen LogP contribution is 2.10. The van der Waals surface area contributed by atoms with Gasteiger partial charge in [0.15, 0.2) is 0 Å². The van der Waals surface area contributed by atoms with Gasteiger partial charge < -0.3 is 10.6 Å². The molecular formula is C11H20N4. The van der Waals surface area contributed by atoms with E-state index >= 15 is 0 Å². The largest absolute Gasteiger partial charge is 0.396 e. The highest BCUT2D eigenvalue weighted by molar-refractivity contribution is 5.39. The highest BCUT2D eigenvalue weighted by Gasteiger charge is 2.10. The maximum Gasteiger partial charge on any atom is 0.0822 e. The van der Waals surface area contributed by atoms with Gasteiger partial charge in [0, 0.05) is 12.7 Å². The van der Waals surface area contributed by atoms with Gasteiger partial charge in [-0.05, 0) is 32.9 Å². The molecule has 0 amide bonds. The summed E-state index contributed by atoms with van der Waals surface area (Å²) < 4.78 is 1.96. The van der Waals surface area contributed by atoms with Gasteiger partial charge >= 0.3 is 0 Å². The summed E-state index contributed by atoms with van der Waals surface area (Å²) in [5.41, 5.74) is 7.49. The average Bonchev–Trinajstić information content (AvgIpc) is 2.57. The van der Waals surface area contributed by atoms with Gasteiger partial charge in [-0.25, -0.2) is 0 Å². The van der Waals surface area contributed by atoms with E-state index in [-0.39, 0.29) is 0 Å². The smallest absolute Gasteiger partial charge is 0.0822 e. The van der Waals surface area contributed by atoms with Gasteiger partial charge in [-0.3, -0.25) is 4.68 Å². The number of anilines is 1. The van der Waals surface area contributed by atoms with Crippen molar-refractivity contribution in [3.8, 4) is 0 Å². The van der Waals surface area contributed by atoms with Gasteiger partial charge in [0.1, 0.15) is 0 Å². The molecule has 0 radical (unpaired) electrons. The normalized spacial score (nSPS) is 18.2. The minimum absolute atomic E-state index is 0.800. The molecule has 0 aliphatic carbocycles. The predicted octanol–water partition coefficient (Wildman–Crippen LogP) is 1.26. The molecule has 2 heterocycles. The Kier molecular flexibility index (Phi) is 3.26. The van der Waals surface area contributed by atoms with Crippen molar-refractivity contribution in [1.29, 1.82) is 0 Å². The van der Waals surface area contributed by atoms with E-state index in [9.17, 15) is 0 Å². The van der Waals surface area contributed by atoms with Crippen LogP contribution in [0.4, 0.5) is 5.69 Å². The van der Waals surface area contributed by atoms with Crippen molar-refractivity contribution < 1.29 is 0 Å². The number of nitrogen functional groups attached to an aromatic ring is 1. The van der Waals surface area contributed by atoms with Crippen LogP contribution >= 0.6 is 0 Å². The van der Waals surface area contributed by atoms with Gasteiger partial charge in [0.25, 0.3) is 0 Å². The summed E-state index contributed by atoms with van der Waals surface area (Å²) in [5, 5.41) is 4.36. The molecule has 2 N–H and O–H groups in total. The monoisotopic (exact) mass is 208 g/mol. The number of likely N-dealkylation sites (tertiary alicyclic amines) is 1. The Balaban J connectivity index is 1.81. The minimum Gasteiger partial charge on any atom is -0.396 e. The average molecular weight is 208 g/mol. The van der Waals surface area contributed by atoms with Crippen LogP contribution in [0.2, 0.25) is 0 Å². The van der Waals surface area contributed by atoms with Gasteiger partial charge in [-0.2, -0.15) is 5.10 Å². The summed E-state index contributed by atoms with van der Waals surface area (Å²) in [6.45, 7) is 6.50. The lowest BCUT2D eigenvalue weighted by Crippen LogP contribution is -2.32. The number of hydrogen-bond acceptors (Lipinski definition) is 3. The van der Waals surface area contributed by atoms with Gasteiger partial charge in [-0.15, -0.1) is 0 Å². The lowest BCUT2D eigenvalue weighted by molar-refractivity contribution is 0.218. The molecule has 0 atom stereocenters. The number of aryl methyl sites for hydroxylation is 1. The molecule has 2 rings (SSSR count).